The highest BCUT2D eigenvalue weighted by Crippen LogP contribution is 2.33. The highest BCUT2D eigenvalue weighted by atomic mass is 32.2. The van der Waals surface area contributed by atoms with Gasteiger partial charge < -0.3 is 4.74 Å². The minimum absolute atomic E-state index is 0.0366. The maximum Gasteiger partial charge on any atom is 0.340 e. The van der Waals surface area contributed by atoms with E-state index in [0.717, 1.165) is 15.1 Å². The number of hydrogen-bond donors (Lipinski definition) is 1. The van der Waals surface area contributed by atoms with Crippen LogP contribution in [0.5, 0.6) is 0 Å². The van der Waals surface area contributed by atoms with E-state index in [1.165, 1.54) is 56.5 Å². The fourth-order valence-corrected chi connectivity index (χ4v) is 6.48. The van der Waals surface area contributed by atoms with Crippen LogP contribution in [-0.2, 0) is 24.8 Å². The van der Waals surface area contributed by atoms with Gasteiger partial charge in [0.05, 0.1) is 28.0 Å². The number of nitrogens with one attached hydrogen (secondary N) is 1. The van der Waals surface area contributed by atoms with E-state index in [2.05, 4.69) is 4.72 Å². The number of aryl methyl sites for hydroxylation is 2. The molecule has 35 heavy (non-hydrogen) atoms. The molecule has 1 N–H and O–H groups in total. The number of carbonyl (C=O) groups is 1. The molecule has 0 unspecified atom stereocenters. The topological polar surface area (TPSA) is 112 Å². The number of fused-ring (bicyclic) bond motifs is 1. The lowest BCUT2D eigenvalue weighted by Crippen LogP contribution is -2.15. The molecule has 4 aromatic rings. The number of carbonyl (C=O) groups excluding carboxylic acids is 1. The van der Waals surface area contributed by atoms with Crippen LogP contribution in [0.15, 0.2) is 76.5 Å². The Bertz CT molecular complexity index is 1650. The summed E-state index contributed by atoms with van der Waals surface area (Å²) in [4.78, 5) is 12.8. The van der Waals surface area contributed by atoms with Gasteiger partial charge in [0.25, 0.3) is 20.0 Å². The summed E-state index contributed by atoms with van der Waals surface area (Å²) in [5.41, 5.74) is 2.41. The average molecular weight is 513 g/mol. The van der Waals surface area contributed by atoms with Crippen molar-refractivity contribution in [1.29, 1.82) is 0 Å². The van der Waals surface area contributed by atoms with Crippen LogP contribution in [-0.4, -0.2) is 33.9 Å². The van der Waals surface area contributed by atoms with E-state index in [9.17, 15) is 21.6 Å². The Balaban J connectivity index is 1.89. The lowest BCUT2D eigenvalue weighted by Gasteiger charge is -2.11. The smallest absolute Gasteiger partial charge is 0.340 e. The van der Waals surface area contributed by atoms with Gasteiger partial charge in [-0.1, -0.05) is 35.4 Å². The Morgan fingerprint density at radius 3 is 1.89 bits per heavy atom. The summed E-state index contributed by atoms with van der Waals surface area (Å²) in [6, 6.07) is 17.1. The zero-order valence-electron chi connectivity index (χ0n) is 19.6. The van der Waals surface area contributed by atoms with Crippen LogP contribution >= 0.6 is 0 Å². The molecule has 8 nitrogen and oxygen atoms in total. The first-order valence-corrected chi connectivity index (χ1v) is 13.5. The SMILES string of the molecule is COC(=O)c1c(C)n(S(=O)(=O)c2ccc(C)cc2)c2ccc(NS(=O)(=O)c3ccc(C)cc3)cc12. The third kappa shape index (κ3) is 4.42. The summed E-state index contributed by atoms with van der Waals surface area (Å²) in [5, 5.41) is 0.245. The predicted molar refractivity (Wildman–Crippen MR) is 134 cm³/mol. The van der Waals surface area contributed by atoms with Crippen molar-refractivity contribution in [2.75, 3.05) is 11.8 Å². The number of anilines is 1. The van der Waals surface area contributed by atoms with Gasteiger partial charge in [0.15, 0.2) is 0 Å². The Morgan fingerprint density at radius 2 is 1.34 bits per heavy atom. The fraction of sp³-hybridized carbons (Fsp3) is 0.160. The maximum atomic E-state index is 13.5. The zero-order chi connectivity index (χ0) is 25.5. The highest BCUT2D eigenvalue weighted by molar-refractivity contribution is 7.92. The second-order valence-corrected chi connectivity index (χ2v) is 11.7. The van der Waals surface area contributed by atoms with Crippen LogP contribution in [0.2, 0.25) is 0 Å². The molecule has 0 amide bonds. The van der Waals surface area contributed by atoms with Crippen LogP contribution in [0.3, 0.4) is 0 Å². The first kappa shape index (κ1) is 24.5. The molecule has 10 heteroatoms. The quantitative estimate of drug-likeness (QED) is 0.384. The predicted octanol–water partition coefficient (Wildman–Crippen LogP) is 4.39. The summed E-state index contributed by atoms with van der Waals surface area (Å²) in [6.45, 7) is 5.21. The van der Waals surface area contributed by atoms with Crippen LogP contribution < -0.4 is 4.72 Å². The van der Waals surface area contributed by atoms with Crippen molar-refractivity contribution in [3.8, 4) is 0 Å². The number of aromatic nitrogens is 1. The molecule has 182 valence electrons. The third-order valence-corrected chi connectivity index (χ3v) is 8.90. The van der Waals surface area contributed by atoms with Crippen LogP contribution in [0.25, 0.3) is 10.9 Å². The largest absolute Gasteiger partial charge is 0.465 e. The summed E-state index contributed by atoms with van der Waals surface area (Å²) in [7, 11) is -6.77. The second kappa shape index (κ2) is 8.86. The molecule has 0 saturated carbocycles. The highest BCUT2D eigenvalue weighted by Gasteiger charge is 2.28. The summed E-state index contributed by atoms with van der Waals surface area (Å²) < 4.78 is 61.3. The van der Waals surface area contributed by atoms with E-state index in [4.69, 9.17) is 4.74 Å². The van der Waals surface area contributed by atoms with Crippen molar-refractivity contribution in [2.24, 2.45) is 0 Å². The monoisotopic (exact) mass is 512 g/mol. The standard InChI is InChI=1S/C25H24N2O6S2/c1-16-5-10-20(11-6-16)34(29,30)26-19-9-14-23-22(15-19)24(25(28)33-4)18(3)27(23)35(31,32)21-12-7-17(2)8-13-21/h5-15,26H,1-4H3. The Labute approximate surface area is 204 Å². The lowest BCUT2D eigenvalue weighted by atomic mass is 10.1. The molecule has 0 radical (unpaired) electrons. The van der Waals surface area contributed by atoms with Crippen molar-refractivity contribution in [3.63, 3.8) is 0 Å². The van der Waals surface area contributed by atoms with Crippen LogP contribution in [0, 0.1) is 20.8 Å². The number of esters is 1. The lowest BCUT2D eigenvalue weighted by molar-refractivity contribution is 0.0602. The molecular formula is C25H24N2O6S2. The van der Waals surface area contributed by atoms with Gasteiger partial charge in [-0.05, 0) is 63.2 Å². The third-order valence-electron chi connectivity index (χ3n) is 5.68. The van der Waals surface area contributed by atoms with E-state index in [0.29, 0.717) is 0 Å². The van der Waals surface area contributed by atoms with Gasteiger partial charge in [-0.25, -0.2) is 25.6 Å². The summed E-state index contributed by atoms with van der Waals surface area (Å²) in [5.74, 6) is -0.733. The molecule has 3 aromatic carbocycles. The molecule has 4 rings (SSSR count). The number of benzene rings is 3. The molecule has 0 fully saturated rings. The van der Waals surface area contributed by atoms with E-state index < -0.39 is 26.0 Å². The van der Waals surface area contributed by atoms with E-state index in [-0.39, 0.29) is 37.6 Å². The molecule has 0 aliphatic carbocycles. The van der Waals surface area contributed by atoms with Crippen molar-refractivity contribution >= 4 is 42.6 Å². The summed E-state index contributed by atoms with van der Waals surface area (Å²) in [6.07, 6.45) is 0. The first-order chi connectivity index (χ1) is 16.5. The second-order valence-electron chi connectivity index (χ2n) is 8.18. The molecule has 0 aliphatic rings. The normalized spacial score (nSPS) is 12.0. The number of nitrogens with zero attached hydrogens (tertiary/aromatic N) is 1. The minimum atomic E-state index is -4.06. The van der Waals surface area contributed by atoms with Crippen molar-refractivity contribution in [3.05, 3.63) is 89.1 Å². The molecule has 1 aromatic heterocycles. The molecule has 0 saturated heterocycles. The molecular weight excluding hydrogens is 488 g/mol. The number of hydrogen-bond acceptors (Lipinski definition) is 6. The molecule has 0 bridgehead atoms. The Hall–Kier alpha value is -3.63. The minimum Gasteiger partial charge on any atom is -0.465 e. The number of methoxy groups -OCH3 is 1. The molecule has 0 atom stereocenters. The van der Waals surface area contributed by atoms with Crippen molar-refractivity contribution in [2.45, 2.75) is 30.6 Å². The first-order valence-electron chi connectivity index (χ1n) is 10.6. The Morgan fingerprint density at radius 1 is 0.800 bits per heavy atom. The van der Waals surface area contributed by atoms with Crippen molar-refractivity contribution < 1.29 is 26.4 Å². The van der Waals surface area contributed by atoms with Gasteiger partial charge in [0.2, 0.25) is 0 Å². The summed E-state index contributed by atoms with van der Waals surface area (Å²) >= 11 is 0. The van der Waals surface area contributed by atoms with Crippen molar-refractivity contribution in [1.82, 2.24) is 3.97 Å². The van der Waals surface area contributed by atoms with Crippen LogP contribution in [0.1, 0.15) is 27.2 Å². The number of sulfonamides is 1. The van der Waals surface area contributed by atoms with E-state index in [1.54, 1.807) is 24.3 Å². The average Bonchev–Trinajstić information content (AvgIpc) is 3.10. The zero-order valence-corrected chi connectivity index (χ0v) is 21.2. The maximum absolute atomic E-state index is 13.5. The molecule has 1 heterocycles. The number of rotatable bonds is 6. The molecule has 0 aliphatic heterocycles. The van der Waals surface area contributed by atoms with E-state index in [1.807, 2.05) is 13.8 Å². The molecule has 0 spiro atoms. The van der Waals surface area contributed by atoms with Gasteiger partial charge in [-0.15, -0.1) is 0 Å². The van der Waals surface area contributed by atoms with Gasteiger partial charge in [0.1, 0.15) is 0 Å². The van der Waals surface area contributed by atoms with Gasteiger partial charge >= 0.3 is 5.97 Å². The van der Waals surface area contributed by atoms with E-state index >= 15 is 0 Å². The Kier molecular flexibility index (Phi) is 6.20. The van der Waals surface area contributed by atoms with Gasteiger partial charge in [-0.3, -0.25) is 4.72 Å². The number of ether oxygens (including phenoxy) is 1. The fourth-order valence-electron chi connectivity index (χ4n) is 3.87. The van der Waals surface area contributed by atoms with Gasteiger partial charge in [-0.2, -0.15) is 0 Å². The van der Waals surface area contributed by atoms with Crippen LogP contribution in [0.4, 0.5) is 5.69 Å². The van der Waals surface area contributed by atoms with Gasteiger partial charge in [0, 0.05) is 16.8 Å².